The van der Waals surface area contributed by atoms with Gasteiger partial charge in [-0.2, -0.15) is 10.2 Å². The van der Waals surface area contributed by atoms with Gasteiger partial charge < -0.3 is 0 Å². The lowest BCUT2D eigenvalue weighted by Crippen LogP contribution is -2.09. The second kappa shape index (κ2) is 2.12. The van der Waals surface area contributed by atoms with Crippen LogP contribution >= 0.6 is 0 Å². The molecular weight excluding hydrogens is 150 g/mol. The number of fused-ring (bicyclic) bond motifs is 1. The van der Waals surface area contributed by atoms with Crippen LogP contribution in [-0.4, -0.2) is 4.98 Å². The monoisotopic (exact) mass is 161 g/mol. The fourth-order valence-electron chi connectivity index (χ4n) is 1.41. The van der Waals surface area contributed by atoms with Crippen LogP contribution in [0, 0.1) is 6.92 Å². The van der Waals surface area contributed by atoms with Gasteiger partial charge in [0.1, 0.15) is 11.2 Å². The van der Waals surface area contributed by atoms with Gasteiger partial charge in [0.05, 0.1) is 5.69 Å². The molecule has 0 N–H and O–H groups in total. The van der Waals surface area contributed by atoms with Gasteiger partial charge in [0.15, 0.2) is 0 Å². The standard InChI is InChI=1S/C9H11N3/c1-6-8-7(4-5-10-6)9(2,3)12-11-8/h4-5H,1-3H3. The molecule has 0 saturated carbocycles. The fourth-order valence-corrected chi connectivity index (χ4v) is 1.41. The average Bonchev–Trinajstić information content (AvgIpc) is 2.30. The predicted octanol–water partition coefficient (Wildman–Crippen LogP) is 2.72. The van der Waals surface area contributed by atoms with Crippen molar-refractivity contribution in [1.82, 2.24) is 4.98 Å². The van der Waals surface area contributed by atoms with Gasteiger partial charge in [-0.25, -0.2) is 0 Å². The molecule has 3 heteroatoms. The molecule has 0 atom stereocenters. The van der Waals surface area contributed by atoms with Gasteiger partial charge in [-0.3, -0.25) is 4.98 Å². The first kappa shape index (κ1) is 7.40. The normalized spacial score (nSPS) is 17.9. The lowest BCUT2D eigenvalue weighted by Gasteiger charge is -2.13. The van der Waals surface area contributed by atoms with E-state index in [1.807, 2.05) is 19.2 Å². The highest BCUT2D eigenvalue weighted by Gasteiger charge is 2.29. The van der Waals surface area contributed by atoms with Crippen LogP contribution in [0.1, 0.15) is 25.1 Å². The van der Waals surface area contributed by atoms with Crippen molar-refractivity contribution >= 4 is 5.69 Å². The molecular formula is C9H11N3. The minimum absolute atomic E-state index is 0.164. The Hall–Kier alpha value is -1.25. The third kappa shape index (κ3) is 0.858. The molecule has 0 bridgehead atoms. The summed E-state index contributed by atoms with van der Waals surface area (Å²) in [5.74, 6) is 0. The van der Waals surface area contributed by atoms with Crippen molar-refractivity contribution in [1.29, 1.82) is 0 Å². The van der Waals surface area contributed by atoms with E-state index in [1.54, 1.807) is 0 Å². The first-order valence-electron chi connectivity index (χ1n) is 4.00. The third-order valence-electron chi connectivity index (χ3n) is 2.17. The van der Waals surface area contributed by atoms with Crippen LogP contribution in [0.4, 0.5) is 5.69 Å². The molecule has 2 rings (SSSR count). The smallest absolute Gasteiger partial charge is 0.112 e. The topological polar surface area (TPSA) is 37.6 Å². The molecule has 1 aromatic heterocycles. The Balaban J connectivity index is 2.68. The van der Waals surface area contributed by atoms with E-state index in [4.69, 9.17) is 0 Å². The number of aryl methyl sites for hydroxylation is 1. The van der Waals surface area contributed by atoms with Gasteiger partial charge in [-0.05, 0) is 26.8 Å². The molecule has 0 amide bonds. The van der Waals surface area contributed by atoms with E-state index < -0.39 is 0 Å². The SMILES string of the molecule is Cc1nccc2c1N=NC2(C)C. The number of hydrogen-bond acceptors (Lipinski definition) is 3. The van der Waals surface area contributed by atoms with E-state index in [0.29, 0.717) is 0 Å². The van der Waals surface area contributed by atoms with Crippen LogP contribution in [0.25, 0.3) is 0 Å². The van der Waals surface area contributed by atoms with E-state index in [2.05, 4.69) is 29.1 Å². The average molecular weight is 161 g/mol. The summed E-state index contributed by atoms with van der Waals surface area (Å²) in [6, 6.07) is 1.99. The van der Waals surface area contributed by atoms with Crippen LogP contribution in [0.3, 0.4) is 0 Å². The third-order valence-corrected chi connectivity index (χ3v) is 2.17. The number of nitrogens with zero attached hydrogens (tertiary/aromatic N) is 3. The van der Waals surface area contributed by atoms with Crippen LogP contribution in [0.5, 0.6) is 0 Å². The van der Waals surface area contributed by atoms with E-state index >= 15 is 0 Å². The molecule has 0 aliphatic carbocycles. The Bertz CT molecular complexity index is 353. The maximum absolute atomic E-state index is 4.18. The van der Waals surface area contributed by atoms with E-state index in [1.165, 1.54) is 5.56 Å². The summed E-state index contributed by atoms with van der Waals surface area (Å²) in [7, 11) is 0. The molecule has 0 fully saturated rings. The number of azo groups is 1. The molecule has 12 heavy (non-hydrogen) atoms. The number of aromatic nitrogens is 1. The van der Waals surface area contributed by atoms with Crippen molar-refractivity contribution in [3.63, 3.8) is 0 Å². The molecule has 0 aromatic carbocycles. The lowest BCUT2D eigenvalue weighted by molar-refractivity contribution is 0.555. The van der Waals surface area contributed by atoms with E-state index in [9.17, 15) is 0 Å². The zero-order valence-electron chi connectivity index (χ0n) is 7.50. The maximum atomic E-state index is 4.18. The van der Waals surface area contributed by atoms with Crippen LogP contribution in [-0.2, 0) is 5.54 Å². The minimum atomic E-state index is -0.164. The summed E-state index contributed by atoms with van der Waals surface area (Å²) in [5.41, 5.74) is 2.92. The quantitative estimate of drug-likeness (QED) is 0.576. The van der Waals surface area contributed by atoms with Gasteiger partial charge in [0.2, 0.25) is 0 Å². The largest absolute Gasteiger partial charge is 0.259 e. The van der Waals surface area contributed by atoms with Crippen LogP contribution in [0.15, 0.2) is 22.5 Å². The Labute approximate surface area is 71.6 Å². The summed E-state index contributed by atoms with van der Waals surface area (Å²) in [4.78, 5) is 4.16. The molecule has 0 saturated heterocycles. The summed E-state index contributed by atoms with van der Waals surface area (Å²) in [6.07, 6.45) is 1.81. The zero-order valence-corrected chi connectivity index (χ0v) is 7.50. The Morgan fingerprint density at radius 1 is 1.33 bits per heavy atom. The summed E-state index contributed by atoms with van der Waals surface area (Å²) in [6.45, 7) is 6.07. The molecule has 1 aromatic rings. The summed E-state index contributed by atoms with van der Waals surface area (Å²) in [5, 5.41) is 8.30. The van der Waals surface area contributed by atoms with E-state index in [0.717, 1.165) is 11.4 Å². The molecule has 0 unspecified atom stereocenters. The van der Waals surface area contributed by atoms with Crippen molar-refractivity contribution in [2.24, 2.45) is 10.2 Å². The molecule has 3 nitrogen and oxygen atoms in total. The second-order valence-electron chi connectivity index (χ2n) is 3.55. The van der Waals surface area contributed by atoms with Gasteiger partial charge in [0, 0.05) is 11.8 Å². The summed E-state index contributed by atoms with van der Waals surface area (Å²) < 4.78 is 0. The highest BCUT2D eigenvalue weighted by atomic mass is 15.2. The second-order valence-corrected chi connectivity index (χ2v) is 3.55. The Kier molecular flexibility index (Phi) is 1.31. The number of hydrogen-bond donors (Lipinski definition) is 0. The van der Waals surface area contributed by atoms with Crippen molar-refractivity contribution in [3.8, 4) is 0 Å². The molecule has 1 aliphatic heterocycles. The molecule has 1 aliphatic rings. The summed E-state index contributed by atoms with van der Waals surface area (Å²) >= 11 is 0. The first-order chi connectivity index (χ1) is 5.61. The van der Waals surface area contributed by atoms with Gasteiger partial charge in [-0.1, -0.05) is 0 Å². The predicted molar refractivity (Wildman–Crippen MR) is 46.5 cm³/mol. The zero-order chi connectivity index (χ0) is 8.77. The maximum Gasteiger partial charge on any atom is 0.112 e. The lowest BCUT2D eigenvalue weighted by atomic mass is 9.95. The first-order valence-corrected chi connectivity index (χ1v) is 4.00. The van der Waals surface area contributed by atoms with Crippen LogP contribution in [0.2, 0.25) is 0 Å². The number of rotatable bonds is 0. The van der Waals surface area contributed by atoms with Gasteiger partial charge in [0.25, 0.3) is 0 Å². The van der Waals surface area contributed by atoms with Crippen molar-refractivity contribution < 1.29 is 0 Å². The highest BCUT2D eigenvalue weighted by Crippen LogP contribution is 2.40. The van der Waals surface area contributed by atoms with Crippen LogP contribution < -0.4 is 0 Å². The van der Waals surface area contributed by atoms with Crippen molar-refractivity contribution in [3.05, 3.63) is 23.5 Å². The number of pyridine rings is 1. The minimum Gasteiger partial charge on any atom is -0.259 e. The Morgan fingerprint density at radius 2 is 2.08 bits per heavy atom. The molecule has 2 heterocycles. The van der Waals surface area contributed by atoms with Gasteiger partial charge >= 0.3 is 0 Å². The van der Waals surface area contributed by atoms with Crippen molar-refractivity contribution in [2.75, 3.05) is 0 Å². The van der Waals surface area contributed by atoms with Gasteiger partial charge in [-0.15, -0.1) is 0 Å². The van der Waals surface area contributed by atoms with E-state index in [-0.39, 0.29) is 5.54 Å². The van der Waals surface area contributed by atoms with Crippen molar-refractivity contribution in [2.45, 2.75) is 26.3 Å². The Morgan fingerprint density at radius 3 is 2.75 bits per heavy atom. The molecule has 62 valence electrons. The molecule has 0 radical (unpaired) electrons. The fraction of sp³-hybridized carbons (Fsp3) is 0.444. The highest BCUT2D eigenvalue weighted by molar-refractivity contribution is 5.54. The molecule has 0 spiro atoms.